The first-order valence-corrected chi connectivity index (χ1v) is 7.50. The van der Waals surface area contributed by atoms with Gasteiger partial charge in [0.25, 0.3) is 0 Å². The summed E-state index contributed by atoms with van der Waals surface area (Å²) in [5, 5.41) is 0. The number of hydrogen-bond acceptors (Lipinski definition) is 2. The van der Waals surface area contributed by atoms with Crippen molar-refractivity contribution in [1.29, 1.82) is 0 Å². The molecule has 1 aromatic rings. The predicted molar refractivity (Wildman–Crippen MR) is 78.4 cm³/mol. The summed E-state index contributed by atoms with van der Waals surface area (Å²) in [4.78, 5) is 0. The van der Waals surface area contributed by atoms with Crippen LogP contribution in [0.25, 0.3) is 0 Å². The van der Waals surface area contributed by atoms with Gasteiger partial charge in [-0.05, 0) is 43.7 Å². The lowest BCUT2D eigenvalue weighted by molar-refractivity contribution is 0.181. The molecule has 0 heterocycles. The van der Waals surface area contributed by atoms with E-state index in [1.165, 1.54) is 31.2 Å². The third-order valence-corrected chi connectivity index (χ3v) is 3.95. The monoisotopic (exact) mass is 296 g/mol. The minimum atomic E-state index is -1.01. The highest BCUT2D eigenvalue weighted by Gasteiger charge is 2.20. The Morgan fingerprint density at radius 3 is 2.38 bits per heavy atom. The lowest BCUT2D eigenvalue weighted by Crippen LogP contribution is -2.19. The van der Waals surface area contributed by atoms with E-state index in [0.717, 1.165) is 18.8 Å². The smallest absolute Gasteiger partial charge is 0.205 e. The predicted octanol–water partition coefficient (Wildman–Crippen LogP) is 5.08. The summed E-state index contributed by atoms with van der Waals surface area (Å²) in [6.45, 7) is 4.42. The number of halogens is 2. The molecule has 0 aliphatic heterocycles. The Morgan fingerprint density at radius 2 is 1.71 bits per heavy atom. The largest absolute Gasteiger partial charge is 0.490 e. The molecule has 2 rings (SSSR count). The van der Waals surface area contributed by atoms with Gasteiger partial charge in [-0.3, -0.25) is 0 Å². The van der Waals surface area contributed by atoms with E-state index in [1.807, 2.05) is 0 Å². The first-order chi connectivity index (χ1) is 10.1. The van der Waals surface area contributed by atoms with Crippen LogP contribution in [0, 0.1) is 23.5 Å². The maximum absolute atomic E-state index is 13.9. The van der Waals surface area contributed by atoms with Crippen LogP contribution < -0.4 is 9.47 Å². The molecule has 1 aliphatic carbocycles. The van der Waals surface area contributed by atoms with Crippen LogP contribution in [0.4, 0.5) is 8.78 Å². The lowest BCUT2D eigenvalue weighted by Gasteiger charge is -2.26. The highest BCUT2D eigenvalue weighted by Crippen LogP contribution is 2.31. The van der Waals surface area contributed by atoms with Gasteiger partial charge in [0.15, 0.2) is 11.5 Å². The third kappa shape index (κ3) is 4.19. The molecular formula is C17H22F2O2. The first-order valence-electron chi connectivity index (χ1n) is 7.50. The van der Waals surface area contributed by atoms with Crippen molar-refractivity contribution < 1.29 is 18.3 Å². The summed E-state index contributed by atoms with van der Waals surface area (Å²) in [6, 6.07) is 2.80. The van der Waals surface area contributed by atoms with Gasteiger partial charge < -0.3 is 9.47 Å². The average Bonchev–Trinajstić information content (AvgIpc) is 2.49. The minimum absolute atomic E-state index is 0.0426. The molecule has 2 nitrogen and oxygen atoms in total. The van der Waals surface area contributed by atoms with E-state index in [1.54, 1.807) is 13.0 Å². The van der Waals surface area contributed by atoms with Crippen LogP contribution in [0.1, 0.15) is 39.5 Å². The molecule has 0 atom stereocenters. The Kier molecular flexibility index (Phi) is 5.59. The van der Waals surface area contributed by atoms with E-state index < -0.39 is 11.6 Å². The van der Waals surface area contributed by atoms with Crippen molar-refractivity contribution in [3.05, 3.63) is 36.1 Å². The van der Waals surface area contributed by atoms with Crippen molar-refractivity contribution in [1.82, 2.24) is 0 Å². The molecule has 4 heteroatoms. The molecule has 0 aromatic heterocycles. The third-order valence-electron chi connectivity index (χ3n) is 3.95. The topological polar surface area (TPSA) is 18.5 Å². The molecule has 1 fully saturated rings. The SMILES string of the molecule is C/C=C/Oc1ccc(OCC2CCC(C)CC2)c(F)c1F. The van der Waals surface area contributed by atoms with Crippen LogP contribution in [0.15, 0.2) is 24.5 Å². The second-order valence-corrected chi connectivity index (χ2v) is 5.71. The lowest BCUT2D eigenvalue weighted by atomic mass is 9.83. The molecule has 116 valence electrons. The van der Waals surface area contributed by atoms with Gasteiger partial charge in [-0.15, -0.1) is 0 Å². The van der Waals surface area contributed by atoms with E-state index in [0.29, 0.717) is 12.5 Å². The van der Waals surface area contributed by atoms with Gasteiger partial charge in [0, 0.05) is 0 Å². The Hall–Kier alpha value is -1.58. The zero-order chi connectivity index (χ0) is 15.2. The van der Waals surface area contributed by atoms with Crippen molar-refractivity contribution in [2.45, 2.75) is 39.5 Å². The van der Waals surface area contributed by atoms with Crippen molar-refractivity contribution in [3.8, 4) is 11.5 Å². The Labute approximate surface area is 124 Å². The number of ether oxygens (including phenoxy) is 2. The van der Waals surface area contributed by atoms with E-state index in [4.69, 9.17) is 9.47 Å². The van der Waals surface area contributed by atoms with E-state index in [9.17, 15) is 8.78 Å². The van der Waals surface area contributed by atoms with E-state index in [2.05, 4.69) is 6.92 Å². The molecule has 1 saturated carbocycles. The van der Waals surface area contributed by atoms with Gasteiger partial charge in [-0.2, -0.15) is 8.78 Å². The van der Waals surface area contributed by atoms with Gasteiger partial charge in [0.05, 0.1) is 12.9 Å². The molecule has 0 radical (unpaired) electrons. The van der Waals surface area contributed by atoms with Gasteiger partial charge in [-0.1, -0.05) is 25.8 Å². The number of rotatable bonds is 5. The summed E-state index contributed by atoms with van der Waals surface area (Å²) in [6.07, 6.45) is 7.46. The summed E-state index contributed by atoms with van der Waals surface area (Å²) in [7, 11) is 0. The van der Waals surface area contributed by atoms with Crippen molar-refractivity contribution >= 4 is 0 Å². The maximum Gasteiger partial charge on any atom is 0.205 e. The quantitative estimate of drug-likeness (QED) is 0.705. The van der Waals surface area contributed by atoms with Crippen LogP contribution in [0.2, 0.25) is 0 Å². The van der Waals surface area contributed by atoms with Crippen molar-refractivity contribution in [2.75, 3.05) is 6.61 Å². The summed E-state index contributed by atoms with van der Waals surface area (Å²) < 4.78 is 38.1. The fraction of sp³-hybridized carbons (Fsp3) is 0.529. The summed E-state index contributed by atoms with van der Waals surface area (Å²) >= 11 is 0. The number of benzene rings is 1. The molecule has 0 amide bonds. The van der Waals surface area contributed by atoms with Crippen LogP contribution >= 0.6 is 0 Å². The fourth-order valence-electron chi connectivity index (χ4n) is 2.56. The highest BCUT2D eigenvalue weighted by atomic mass is 19.2. The van der Waals surface area contributed by atoms with Crippen molar-refractivity contribution in [3.63, 3.8) is 0 Å². The van der Waals surface area contributed by atoms with Crippen LogP contribution in [0.3, 0.4) is 0 Å². The second kappa shape index (κ2) is 7.43. The molecule has 0 unspecified atom stereocenters. The molecule has 1 aliphatic rings. The maximum atomic E-state index is 13.9. The Bertz CT molecular complexity index is 492. The molecule has 0 N–H and O–H groups in total. The molecule has 21 heavy (non-hydrogen) atoms. The summed E-state index contributed by atoms with van der Waals surface area (Å²) in [5.74, 6) is -0.978. The van der Waals surface area contributed by atoms with E-state index >= 15 is 0 Å². The first kappa shape index (κ1) is 15.8. The molecule has 0 saturated heterocycles. The fourth-order valence-corrected chi connectivity index (χ4v) is 2.56. The molecular weight excluding hydrogens is 274 g/mol. The zero-order valence-corrected chi connectivity index (χ0v) is 12.6. The van der Waals surface area contributed by atoms with Gasteiger partial charge >= 0.3 is 0 Å². The number of allylic oxidation sites excluding steroid dienone is 1. The normalized spacial score (nSPS) is 22.5. The van der Waals surface area contributed by atoms with Gasteiger partial charge in [0.2, 0.25) is 11.6 Å². The highest BCUT2D eigenvalue weighted by molar-refractivity contribution is 5.35. The molecule has 0 bridgehead atoms. The minimum Gasteiger partial charge on any atom is -0.490 e. The Balaban J connectivity index is 1.96. The standard InChI is InChI=1S/C17H22F2O2/c1-3-10-20-14-8-9-15(17(19)16(14)18)21-11-13-6-4-12(2)5-7-13/h3,8-10,12-13H,4-7,11H2,1-2H3/b10-3+. The van der Waals surface area contributed by atoms with E-state index in [-0.39, 0.29) is 11.5 Å². The Morgan fingerprint density at radius 1 is 1.10 bits per heavy atom. The number of hydrogen-bond donors (Lipinski definition) is 0. The van der Waals surface area contributed by atoms with Crippen LogP contribution in [-0.4, -0.2) is 6.61 Å². The van der Waals surface area contributed by atoms with Crippen LogP contribution in [-0.2, 0) is 0 Å². The van der Waals surface area contributed by atoms with Crippen molar-refractivity contribution in [2.24, 2.45) is 11.8 Å². The summed E-state index contributed by atoms with van der Waals surface area (Å²) in [5.41, 5.74) is 0. The zero-order valence-electron chi connectivity index (χ0n) is 12.6. The van der Waals surface area contributed by atoms with Gasteiger partial charge in [-0.25, -0.2) is 0 Å². The average molecular weight is 296 g/mol. The van der Waals surface area contributed by atoms with Gasteiger partial charge in [0.1, 0.15) is 0 Å². The van der Waals surface area contributed by atoms with Crippen LogP contribution in [0.5, 0.6) is 11.5 Å². The second-order valence-electron chi connectivity index (χ2n) is 5.71. The molecule has 0 spiro atoms. The molecule has 1 aromatic carbocycles.